The maximum Gasteiger partial charge on any atom is 0.247 e. The van der Waals surface area contributed by atoms with Gasteiger partial charge in [-0.2, -0.15) is 0 Å². The Balaban J connectivity index is 1.84. The Morgan fingerprint density at radius 1 is 1.00 bits per heavy atom. The summed E-state index contributed by atoms with van der Waals surface area (Å²) in [6, 6.07) is 11.4. The van der Waals surface area contributed by atoms with Crippen LogP contribution in [0.3, 0.4) is 0 Å². The topological polar surface area (TPSA) is 84.9 Å². The Labute approximate surface area is 171 Å². The van der Waals surface area contributed by atoms with E-state index < -0.39 is 22.0 Å². The molecule has 0 aliphatic carbocycles. The maximum absolute atomic E-state index is 12.8. The summed E-state index contributed by atoms with van der Waals surface area (Å²) in [5.74, 6) is 0.965. The van der Waals surface area contributed by atoms with Gasteiger partial charge in [0, 0.05) is 11.8 Å². The Morgan fingerprint density at radius 3 is 2.21 bits per heavy atom. The number of sulfonamides is 1. The van der Waals surface area contributed by atoms with Gasteiger partial charge >= 0.3 is 0 Å². The van der Waals surface area contributed by atoms with E-state index in [1.54, 1.807) is 25.1 Å². The first-order valence-electron chi connectivity index (χ1n) is 9.46. The van der Waals surface area contributed by atoms with E-state index in [1.165, 1.54) is 0 Å². The first kappa shape index (κ1) is 21.0. The molecule has 1 atom stereocenters. The van der Waals surface area contributed by atoms with E-state index >= 15 is 0 Å². The molecule has 1 aliphatic heterocycles. The zero-order valence-electron chi connectivity index (χ0n) is 17.0. The van der Waals surface area contributed by atoms with Crippen molar-refractivity contribution in [2.45, 2.75) is 32.7 Å². The van der Waals surface area contributed by atoms with Gasteiger partial charge in [-0.05, 0) is 42.7 Å². The van der Waals surface area contributed by atoms with Crippen LogP contribution in [-0.2, 0) is 14.8 Å². The number of carbonyl (C=O) groups excluding carboxylic acids is 1. The molecule has 3 rings (SSSR count). The Bertz CT molecular complexity index is 987. The number of ether oxygens (including phenoxy) is 2. The van der Waals surface area contributed by atoms with Crippen molar-refractivity contribution in [3.8, 4) is 11.5 Å². The van der Waals surface area contributed by atoms with Gasteiger partial charge < -0.3 is 14.8 Å². The largest absolute Gasteiger partial charge is 0.486 e. The maximum atomic E-state index is 12.8. The molecule has 29 heavy (non-hydrogen) atoms. The van der Waals surface area contributed by atoms with Gasteiger partial charge in [0.1, 0.15) is 19.3 Å². The van der Waals surface area contributed by atoms with Crippen LogP contribution in [0.4, 0.5) is 11.4 Å². The third kappa shape index (κ3) is 4.82. The van der Waals surface area contributed by atoms with E-state index in [-0.39, 0.29) is 0 Å². The van der Waals surface area contributed by atoms with Crippen LogP contribution in [0, 0.1) is 0 Å². The van der Waals surface area contributed by atoms with Gasteiger partial charge in [0.05, 0.1) is 11.9 Å². The average Bonchev–Trinajstić information content (AvgIpc) is 2.67. The molecule has 1 amide bonds. The number of hydrogen-bond donors (Lipinski definition) is 1. The molecule has 0 spiro atoms. The summed E-state index contributed by atoms with van der Waals surface area (Å²) in [6.45, 7) is 6.56. The van der Waals surface area contributed by atoms with E-state index in [4.69, 9.17) is 9.47 Å². The van der Waals surface area contributed by atoms with Crippen molar-refractivity contribution in [2.24, 2.45) is 0 Å². The molecule has 2 aromatic carbocycles. The lowest BCUT2D eigenvalue weighted by Crippen LogP contribution is -2.45. The summed E-state index contributed by atoms with van der Waals surface area (Å²) >= 11 is 0. The van der Waals surface area contributed by atoms with E-state index in [9.17, 15) is 13.2 Å². The number of anilines is 2. The molecule has 1 heterocycles. The Hall–Kier alpha value is -2.74. The van der Waals surface area contributed by atoms with Crippen LogP contribution in [0.25, 0.3) is 0 Å². The fourth-order valence-corrected chi connectivity index (χ4v) is 4.34. The Kier molecular flexibility index (Phi) is 6.02. The number of rotatable bonds is 6. The van der Waals surface area contributed by atoms with Crippen molar-refractivity contribution in [1.82, 2.24) is 0 Å². The van der Waals surface area contributed by atoms with Crippen LogP contribution in [0.1, 0.15) is 32.3 Å². The number of carbonyl (C=O) groups is 1. The number of nitrogens with zero attached hydrogens (tertiary/aromatic N) is 1. The van der Waals surface area contributed by atoms with Gasteiger partial charge in [-0.1, -0.05) is 26.0 Å². The first-order valence-corrected chi connectivity index (χ1v) is 11.3. The van der Waals surface area contributed by atoms with Gasteiger partial charge in [-0.3, -0.25) is 9.10 Å². The van der Waals surface area contributed by atoms with Crippen LogP contribution >= 0.6 is 0 Å². The molecule has 156 valence electrons. The van der Waals surface area contributed by atoms with Crippen molar-refractivity contribution in [2.75, 3.05) is 29.1 Å². The first-order chi connectivity index (χ1) is 13.7. The zero-order chi connectivity index (χ0) is 21.2. The van der Waals surface area contributed by atoms with E-state index in [0.29, 0.717) is 42.0 Å². The Morgan fingerprint density at radius 2 is 1.62 bits per heavy atom. The molecule has 0 unspecified atom stereocenters. The number of fused-ring (bicyclic) bond motifs is 1. The van der Waals surface area contributed by atoms with Crippen molar-refractivity contribution >= 4 is 27.3 Å². The van der Waals surface area contributed by atoms with Crippen molar-refractivity contribution in [3.63, 3.8) is 0 Å². The smallest absolute Gasteiger partial charge is 0.247 e. The molecule has 0 saturated carbocycles. The molecule has 7 nitrogen and oxygen atoms in total. The summed E-state index contributed by atoms with van der Waals surface area (Å²) in [4.78, 5) is 12.8. The fourth-order valence-electron chi connectivity index (χ4n) is 3.18. The molecule has 8 heteroatoms. The predicted molar refractivity (Wildman–Crippen MR) is 113 cm³/mol. The zero-order valence-corrected chi connectivity index (χ0v) is 17.8. The van der Waals surface area contributed by atoms with E-state index in [0.717, 1.165) is 16.1 Å². The molecule has 1 N–H and O–H groups in total. The highest BCUT2D eigenvalue weighted by Gasteiger charge is 2.30. The van der Waals surface area contributed by atoms with E-state index in [1.807, 2.05) is 24.3 Å². The SMILES string of the molecule is CC(C)c1ccc(NC(=O)[C@@H](C)N(c2ccc3c(c2)OCCO3)S(C)(=O)=O)cc1. The van der Waals surface area contributed by atoms with Crippen molar-refractivity contribution in [3.05, 3.63) is 48.0 Å². The average molecular weight is 419 g/mol. The minimum atomic E-state index is -3.72. The van der Waals surface area contributed by atoms with Crippen LogP contribution in [-0.4, -0.2) is 39.8 Å². The molecular formula is C21H26N2O5S. The third-order valence-electron chi connectivity index (χ3n) is 4.71. The third-order valence-corrected chi connectivity index (χ3v) is 5.96. The molecule has 0 radical (unpaired) electrons. The second kappa shape index (κ2) is 8.32. The van der Waals surface area contributed by atoms with Gasteiger partial charge in [0.25, 0.3) is 0 Å². The van der Waals surface area contributed by atoms with Crippen LogP contribution < -0.4 is 19.1 Å². The van der Waals surface area contributed by atoms with Crippen molar-refractivity contribution in [1.29, 1.82) is 0 Å². The molecule has 1 aliphatic rings. The van der Waals surface area contributed by atoms with Gasteiger partial charge in [-0.25, -0.2) is 8.42 Å². The van der Waals surface area contributed by atoms with E-state index in [2.05, 4.69) is 19.2 Å². The molecule has 2 aromatic rings. The molecular weight excluding hydrogens is 392 g/mol. The normalized spacial score (nSPS) is 14.4. The van der Waals surface area contributed by atoms with Gasteiger partial charge in [0.2, 0.25) is 15.9 Å². The highest BCUT2D eigenvalue weighted by atomic mass is 32.2. The lowest BCUT2D eigenvalue weighted by atomic mass is 10.0. The second-order valence-corrected chi connectivity index (χ2v) is 9.19. The van der Waals surface area contributed by atoms with Gasteiger partial charge in [-0.15, -0.1) is 0 Å². The highest BCUT2D eigenvalue weighted by Crippen LogP contribution is 2.35. The van der Waals surface area contributed by atoms with Crippen molar-refractivity contribution < 1.29 is 22.7 Å². The van der Waals surface area contributed by atoms with Crippen LogP contribution in [0.5, 0.6) is 11.5 Å². The lowest BCUT2D eigenvalue weighted by molar-refractivity contribution is -0.116. The summed E-state index contributed by atoms with van der Waals surface area (Å²) in [5.41, 5.74) is 2.11. The van der Waals surface area contributed by atoms with Crippen LogP contribution in [0.2, 0.25) is 0 Å². The number of benzene rings is 2. The standard InChI is InChI=1S/C21H26N2O5S/c1-14(2)16-5-7-17(8-6-16)22-21(24)15(3)23(29(4,25)26)18-9-10-19-20(13-18)28-12-11-27-19/h5-10,13-15H,11-12H2,1-4H3,(H,22,24)/t15-/m1/s1. The number of hydrogen-bond acceptors (Lipinski definition) is 5. The summed E-state index contributed by atoms with van der Waals surface area (Å²) in [7, 11) is -3.72. The van der Waals surface area contributed by atoms with Gasteiger partial charge in [0.15, 0.2) is 11.5 Å². The molecule has 0 bridgehead atoms. The number of nitrogens with one attached hydrogen (secondary N) is 1. The minimum Gasteiger partial charge on any atom is -0.486 e. The number of amides is 1. The second-order valence-electron chi connectivity index (χ2n) is 7.33. The highest BCUT2D eigenvalue weighted by molar-refractivity contribution is 7.92. The molecule has 0 aromatic heterocycles. The molecule has 0 fully saturated rings. The summed E-state index contributed by atoms with van der Waals surface area (Å²) in [5, 5.41) is 2.79. The summed E-state index contributed by atoms with van der Waals surface area (Å²) < 4.78 is 37.1. The fraction of sp³-hybridized carbons (Fsp3) is 0.381. The monoisotopic (exact) mass is 418 g/mol. The summed E-state index contributed by atoms with van der Waals surface area (Å²) in [6.07, 6.45) is 1.07. The molecule has 0 saturated heterocycles. The van der Waals surface area contributed by atoms with Crippen LogP contribution in [0.15, 0.2) is 42.5 Å². The predicted octanol–water partition coefficient (Wildman–Crippen LogP) is 3.37. The minimum absolute atomic E-state index is 0.342. The quantitative estimate of drug-likeness (QED) is 0.777. The lowest BCUT2D eigenvalue weighted by Gasteiger charge is -2.29.